The molecule has 0 aromatic carbocycles. The van der Waals surface area contributed by atoms with E-state index < -0.39 is 0 Å². The van der Waals surface area contributed by atoms with E-state index in [1.165, 1.54) is 11.9 Å². The monoisotopic (exact) mass is 266 g/mol. The van der Waals surface area contributed by atoms with Gasteiger partial charge in [-0.25, -0.2) is 5.01 Å². The van der Waals surface area contributed by atoms with Gasteiger partial charge >= 0.3 is 0 Å². The van der Waals surface area contributed by atoms with Crippen molar-refractivity contribution in [2.75, 3.05) is 33.2 Å². The van der Waals surface area contributed by atoms with Crippen LogP contribution in [0.2, 0.25) is 0 Å². The number of carbonyl (C=O) groups is 3. The van der Waals surface area contributed by atoms with E-state index in [0.29, 0.717) is 44.7 Å². The van der Waals surface area contributed by atoms with Gasteiger partial charge in [0.1, 0.15) is 5.71 Å². The number of nitrogens with zero attached hydrogens (tertiary/aromatic N) is 4. The minimum atomic E-state index is -0.123. The molecule has 2 aliphatic heterocycles. The van der Waals surface area contributed by atoms with Crippen molar-refractivity contribution >= 4 is 23.4 Å². The highest BCUT2D eigenvalue weighted by atomic mass is 16.2. The molecular weight excluding hydrogens is 248 g/mol. The van der Waals surface area contributed by atoms with E-state index in [1.54, 1.807) is 16.8 Å². The van der Waals surface area contributed by atoms with Gasteiger partial charge in [-0.1, -0.05) is 0 Å². The quantitative estimate of drug-likeness (QED) is 0.629. The standard InChI is InChI=1S/C12H18N4O3/c1-9(17)15-5-7-16(8-6-15)12(19)10-3-4-11(18)14(2)13-10/h3-8H2,1-2H3. The van der Waals surface area contributed by atoms with Gasteiger partial charge < -0.3 is 9.80 Å². The molecule has 0 spiro atoms. The summed E-state index contributed by atoms with van der Waals surface area (Å²) in [5.74, 6) is -0.159. The molecule has 19 heavy (non-hydrogen) atoms. The highest BCUT2D eigenvalue weighted by Gasteiger charge is 2.28. The molecule has 0 atom stereocenters. The first-order valence-corrected chi connectivity index (χ1v) is 6.38. The third kappa shape index (κ3) is 2.91. The van der Waals surface area contributed by atoms with Crippen LogP contribution >= 0.6 is 0 Å². The van der Waals surface area contributed by atoms with Gasteiger partial charge in [0, 0.05) is 53.0 Å². The Morgan fingerprint density at radius 3 is 2.16 bits per heavy atom. The third-order valence-corrected chi connectivity index (χ3v) is 3.47. The lowest BCUT2D eigenvalue weighted by atomic mass is 10.1. The van der Waals surface area contributed by atoms with E-state index in [1.807, 2.05) is 0 Å². The average molecular weight is 266 g/mol. The molecule has 7 nitrogen and oxygen atoms in total. The first kappa shape index (κ1) is 13.5. The molecule has 1 fully saturated rings. The maximum absolute atomic E-state index is 12.2. The molecule has 0 radical (unpaired) electrons. The SMILES string of the molecule is CC(=O)N1CCN(C(=O)C2=NN(C)C(=O)CC2)CC1. The number of hydrogen-bond acceptors (Lipinski definition) is 4. The molecule has 0 aromatic rings. The fraction of sp³-hybridized carbons (Fsp3) is 0.667. The van der Waals surface area contributed by atoms with Crippen molar-refractivity contribution < 1.29 is 14.4 Å². The van der Waals surface area contributed by atoms with Crippen LogP contribution in [0.5, 0.6) is 0 Å². The largest absolute Gasteiger partial charge is 0.339 e. The highest BCUT2D eigenvalue weighted by Crippen LogP contribution is 2.11. The van der Waals surface area contributed by atoms with Crippen molar-refractivity contribution in [3.8, 4) is 0 Å². The van der Waals surface area contributed by atoms with Crippen LogP contribution in [0.25, 0.3) is 0 Å². The van der Waals surface area contributed by atoms with Gasteiger partial charge in [0.05, 0.1) is 0 Å². The molecule has 0 unspecified atom stereocenters. The summed E-state index contributed by atoms with van der Waals surface area (Å²) < 4.78 is 0. The summed E-state index contributed by atoms with van der Waals surface area (Å²) in [4.78, 5) is 38.2. The molecule has 0 saturated carbocycles. The summed E-state index contributed by atoms with van der Waals surface area (Å²) in [6.07, 6.45) is 0.726. The number of amides is 3. The van der Waals surface area contributed by atoms with E-state index in [0.717, 1.165) is 0 Å². The van der Waals surface area contributed by atoms with Gasteiger partial charge in [-0.05, 0) is 0 Å². The van der Waals surface area contributed by atoms with Crippen LogP contribution in [0, 0.1) is 0 Å². The molecule has 2 heterocycles. The van der Waals surface area contributed by atoms with Crippen LogP contribution < -0.4 is 0 Å². The second-order valence-electron chi connectivity index (χ2n) is 4.76. The van der Waals surface area contributed by atoms with Gasteiger partial charge in [-0.15, -0.1) is 0 Å². The van der Waals surface area contributed by atoms with E-state index >= 15 is 0 Å². The Morgan fingerprint density at radius 1 is 1.05 bits per heavy atom. The number of rotatable bonds is 1. The molecule has 2 aliphatic rings. The van der Waals surface area contributed by atoms with Crippen LogP contribution in [0.3, 0.4) is 0 Å². The molecule has 1 saturated heterocycles. The molecule has 3 amide bonds. The average Bonchev–Trinajstić information content (AvgIpc) is 2.41. The Morgan fingerprint density at radius 2 is 1.63 bits per heavy atom. The van der Waals surface area contributed by atoms with E-state index in [-0.39, 0.29) is 17.7 Å². The fourth-order valence-corrected chi connectivity index (χ4v) is 2.23. The van der Waals surface area contributed by atoms with Crippen LogP contribution in [0.4, 0.5) is 0 Å². The Bertz CT molecular complexity index is 438. The van der Waals surface area contributed by atoms with Crippen LogP contribution in [-0.4, -0.2) is 71.5 Å². The van der Waals surface area contributed by atoms with Crippen LogP contribution in [-0.2, 0) is 14.4 Å². The maximum atomic E-state index is 12.2. The topological polar surface area (TPSA) is 73.3 Å². The van der Waals surface area contributed by atoms with E-state index in [9.17, 15) is 14.4 Å². The van der Waals surface area contributed by atoms with Crippen molar-refractivity contribution in [1.29, 1.82) is 0 Å². The van der Waals surface area contributed by atoms with Crippen LogP contribution in [0.15, 0.2) is 5.10 Å². The summed E-state index contributed by atoms with van der Waals surface area (Å²) in [5, 5.41) is 5.25. The molecule has 2 rings (SSSR count). The first-order chi connectivity index (χ1) is 8.99. The Balaban J connectivity index is 1.97. The van der Waals surface area contributed by atoms with E-state index in [2.05, 4.69) is 5.10 Å². The lowest BCUT2D eigenvalue weighted by Crippen LogP contribution is -2.52. The lowest BCUT2D eigenvalue weighted by molar-refractivity contribution is -0.135. The fourth-order valence-electron chi connectivity index (χ4n) is 2.23. The second kappa shape index (κ2) is 5.38. The lowest BCUT2D eigenvalue weighted by Gasteiger charge is -2.34. The van der Waals surface area contributed by atoms with Crippen LogP contribution in [0.1, 0.15) is 19.8 Å². The normalized spacial score (nSPS) is 20.4. The zero-order chi connectivity index (χ0) is 14.0. The molecule has 104 valence electrons. The summed E-state index contributed by atoms with van der Waals surface area (Å²) in [6.45, 7) is 3.69. The number of hydrazone groups is 1. The number of carbonyl (C=O) groups excluding carboxylic acids is 3. The number of hydrogen-bond donors (Lipinski definition) is 0. The maximum Gasteiger partial charge on any atom is 0.270 e. The van der Waals surface area contributed by atoms with Gasteiger partial charge in [0.15, 0.2) is 0 Å². The summed E-state index contributed by atoms with van der Waals surface area (Å²) in [6, 6.07) is 0. The van der Waals surface area contributed by atoms with Gasteiger partial charge in [0.25, 0.3) is 5.91 Å². The smallest absolute Gasteiger partial charge is 0.270 e. The van der Waals surface area contributed by atoms with Crippen molar-refractivity contribution in [3.63, 3.8) is 0 Å². The van der Waals surface area contributed by atoms with Crippen molar-refractivity contribution in [2.45, 2.75) is 19.8 Å². The van der Waals surface area contributed by atoms with Crippen molar-refractivity contribution in [3.05, 3.63) is 0 Å². The summed E-state index contributed by atoms with van der Waals surface area (Å²) in [5.41, 5.74) is 0.429. The zero-order valence-electron chi connectivity index (χ0n) is 11.3. The summed E-state index contributed by atoms with van der Waals surface area (Å²) >= 11 is 0. The first-order valence-electron chi connectivity index (χ1n) is 6.38. The number of piperazine rings is 1. The van der Waals surface area contributed by atoms with Gasteiger partial charge in [-0.2, -0.15) is 5.10 Å². The highest BCUT2D eigenvalue weighted by molar-refractivity contribution is 6.39. The summed E-state index contributed by atoms with van der Waals surface area (Å²) in [7, 11) is 1.56. The molecular formula is C12H18N4O3. The predicted octanol–water partition coefficient (Wildman–Crippen LogP) is -0.715. The van der Waals surface area contributed by atoms with Crippen molar-refractivity contribution in [2.24, 2.45) is 5.10 Å². The molecule has 0 bridgehead atoms. The Kier molecular flexibility index (Phi) is 3.82. The molecule has 0 aromatic heterocycles. The Hall–Kier alpha value is -1.92. The third-order valence-electron chi connectivity index (χ3n) is 3.47. The Labute approximate surface area is 111 Å². The molecule has 7 heteroatoms. The molecule has 0 N–H and O–H groups in total. The minimum Gasteiger partial charge on any atom is -0.339 e. The molecule has 0 aliphatic carbocycles. The second-order valence-corrected chi connectivity index (χ2v) is 4.76. The van der Waals surface area contributed by atoms with Gasteiger partial charge in [0.2, 0.25) is 11.8 Å². The van der Waals surface area contributed by atoms with E-state index in [4.69, 9.17) is 0 Å². The predicted molar refractivity (Wildman–Crippen MR) is 68.3 cm³/mol. The van der Waals surface area contributed by atoms with Gasteiger partial charge in [-0.3, -0.25) is 14.4 Å². The van der Waals surface area contributed by atoms with Crippen molar-refractivity contribution in [1.82, 2.24) is 14.8 Å². The minimum absolute atomic E-state index is 0.0347. The zero-order valence-corrected chi connectivity index (χ0v) is 11.3.